The number of nitrogens with zero attached hydrogens (tertiary/aromatic N) is 3. The lowest BCUT2D eigenvalue weighted by Gasteiger charge is -2.23. The van der Waals surface area contributed by atoms with Gasteiger partial charge in [-0.1, -0.05) is 29.6 Å². The molecule has 0 radical (unpaired) electrons. The van der Waals surface area contributed by atoms with Gasteiger partial charge in [-0.05, 0) is 49.1 Å². The van der Waals surface area contributed by atoms with E-state index in [9.17, 15) is 19.7 Å². The Morgan fingerprint density at radius 3 is 2.70 bits per heavy atom. The first kappa shape index (κ1) is 22.6. The number of esters is 1. The quantitative estimate of drug-likeness (QED) is 0.305. The Kier molecular flexibility index (Phi) is 6.47. The van der Waals surface area contributed by atoms with E-state index < -0.39 is 16.9 Å². The number of non-ortho nitro benzene ring substituents is 1. The number of nitro groups is 1. The van der Waals surface area contributed by atoms with Crippen molar-refractivity contribution in [2.24, 2.45) is 4.99 Å². The van der Waals surface area contributed by atoms with Gasteiger partial charge in [-0.15, -0.1) is 11.3 Å². The number of fused-ring (bicyclic) bond motifs is 1. The van der Waals surface area contributed by atoms with Crippen molar-refractivity contribution in [1.29, 1.82) is 0 Å². The number of ether oxygens (including phenoxy) is 1. The van der Waals surface area contributed by atoms with E-state index in [1.165, 1.54) is 34.8 Å². The maximum atomic E-state index is 13.3. The Hall–Kier alpha value is -3.63. The minimum Gasteiger partial charge on any atom is -0.463 e. The average molecular weight is 482 g/mol. The molecule has 1 aliphatic rings. The summed E-state index contributed by atoms with van der Waals surface area (Å²) in [5.41, 5.74) is 1.42. The number of hydrogen-bond acceptors (Lipinski definition) is 8. The van der Waals surface area contributed by atoms with E-state index in [1.807, 2.05) is 17.5 Å². The van der Waals surface area contributed by atoms with Crippen LogP contribution in [0.4, 0.5) is 5.69 Å². The highest BCUT2D eigenvalue weighted by Gasteiger charge is 2.33. The molecule has 3 aromatic rings. The molecule has 0 spiro atoms. The van der Waals surface area contributed by atoms with Crippen molar-refractivity contribution >= 4 is 46.5 Å². The average Bonchev–Trinajstić information content (AvgIpc) is 3.42. The molecule has 0 N–H and O–H groups in total. The number of thiazole rings is 1. The van der Waals surface area contributed by atoms with E-state index in [-0.39, 0.29) is 17.9 Å². The monoisotopic (exact) mass is 481 g/mol. The number of thiophene rings is 1. The number of rotatable bonds is 6. The van der Waals surface area contributed by atoms with Crippen LogP contribution in [0.1, 0.15) is 30.3 Å². The molecule has 3 heterocycles. The van der Waals surface area contributed by atoms with E-state index in [0.29, 0.717) is 20.6 Å². The first-order valence-electron chi connectivity index (χ1n) is 10.0. The maximum absolute atomic E-state index is 13.3. The predicted octanol–water partition coefficient (Wildman–Crippen LogP) is 3.43. The fraction of sp³-hybridized carbons (Fsp3) is 0.174. The molecule has 8 nitrogen and oxygen atoms in total. The third kappa shape index (κ3) is 4.48. The Balaban J connectivity index is 1.76. The normalized spacial score (nSPS) is 16.1. The van der Waals surface area contributed by atoms with Crippen molar-refractivity contribution in [3.63, 3.8) is 0 Å². The lowest BCUT2D eigenvalue weighted by molar-refractivity contribution is -0.384. The smallest absolute Gasteiger partial charge is 0.338 e. The van der Waals surface area contributed by atoms with E-state index in [2.05, 4.69) is 4.99 Å². The molecule has 2 aromatic heterocycles. The minimum atomic E-state index is -0.596. The number of hydrogen-bond donors (Lipinski definition) is 0. The summed E-state index contributed by atoms with van der Waals surface area (Å²) in [5, 5.41) is 12.7. The van der Waals surface area contributed by atoms with Gasteiger partial charge >= 0.3 is 5.97 Å². The van der Waals surface area contributed by atoms with Gasteiger partial charge in [0, 0.05) is 17.0 Å². The molecule has 4 rings (SSSR count). The van der Waals surface area contributed by atoms with Gasteiger partial charge < -0.3 is 4.74 Å². The number of benzene rings is 1. The number of carbonyl (C=O) groups excluding carboxylic acids is 1. The molecule has 10 heteroatoms. The van der Waals surface area contributed by atoms with Crippen molar-refractivity contribution in [3.8, 4) is 0 Å². The largest absolute Gasteiger partial charge is 0.463 e. The third-order valence-electron chi connectivity index (χ3n) is 4.97. The van der Waals surface area contributed by atoms with E-state index in [0.717, 1.165) is 10.4 Å². The van der Waals surface area contributed by atoms with Gasteiger partial charge in [-0.2, -0.15) is 0 Å². The van der Waals surface area contributed by atoms with Crippen LogP contribution in [0.2, 0.25) is 0 Å². The molecule has 0 saturated carbocycles. The van der Waals surface area contributed by atoms with Gasteiger partial charge in [-0.25, -0.2) is 9.79 Å². The Morgan fingerprint density at radius 1 is 1.30 bits per heavy atom. The maximum Gasteiger partial charge on any atom is 0.338 e. The van der Waals surface area contributed by atoms with Crippen LogP contribution in [0.15, 0.2) is 68.9 Å². The third-order valence-corrected chi connectivity index (χ3v) is 6.90. The Labute approximate surface area is 196 Å². The molecule has 1 aliphatic heterocycles. The predicted molar refractivity (Wildman–Crippen MR) is 128 cm³/mol. The summed E-state index contributed by atoms with van der Waals surface area (Å²) in [4.78, 5) is 42.3. The van der Waals surface area contributed by atoms with Gasteiger partial charge in [-0.3, -0.25) is 19.5 Å². The lowest BCUT2D eigenvalue weighted by Crippen LogP contribution is -2.39. The van der Waals surface area contributed by atoms with Gasteiger partial charge in [0.2, 0.25) is 0 Å². The molecule has 1 atom stereocenters. The van der Waals surface area contributed by atoms with Crippen LogP contribution >= 0.6 is 22.7 Å². The summed E-state index contributed by atoms with van der Waals surface area (Å²) in [6.07, 6.45) is 5.15. The van der Waals surface area contributed by atoms with Crippen LogP contribution in [0.5, 0.6) is 0 Å². The molecule has 0 fully saturated rings. The fourth-order valence-electron chi connectivity index (χ4n) is 3.48. The van der Waals surface area contributed by atoms with Crippen LogP contribution in [0, 0.1) is 10.1 Å². The summed E-state index contributed by atoms with van der Waals surface area (Å²) in [6.45, 7) is 3.71. The Morgan fingerprint density at radius 2 is 2.06 bits per heavy atom. The molecular weight excluding hydrogens is 462 g/mol. The second kappa shape index (κ2) is 9.47. The zero-order chi connectivity index (χ0) is 23.5. The van der Waals surface area contributed by atoms with Crippen molar-refractivity contribution < 1.29 is 14.5 Å². The van der Waals surface area contributed by atoms with Crippen LogP contribution in [0.25, 0.3) is 12.2 Å². The van der Waals surface area contributed by atoms with Crippen LogP contribution in [-0.4, -0.2) is 22.1 Å². The number of carbonyl (C=O) groups is 1. The highest BCUT2D eigenvalue weighted by molar-refractivity contribution is 7.10. The molecule has 33 heavy (non-hydrogen) atoms. The fourth-order valence-corrected chi connectivity index (χ4v) is 5.30. The zero-order valence-electron chi connectivity index (χ0n) is 17.8. The summed E-state index contributed by atoms with van der Waals surface area (Å²) < 4.78 is 7.26. The molecule has 0 amide bonds. The van der Waals surface area contributed by atoms with Crippen LogP contribution < -0.4 is 14.9 Å². The highest BCUT2D eigenvalue weighted by Crippen LogP contribution is 2.33. The summed E-state index contributed by atoms with van der Waals surface area (Å²) in [5.74, 6) is -0.482. The second-order valence-corrected chi connectivity index (χ2v) is 9.04. The number of aromatic nitrogens is 1. The van der Waals surface area contributed by atoms with E-state index in [1.54, 1.807) is 48.8 Å². The highest BCUT2D eigenvalue weighted by atomic mass is 32.1. The molecule has 0 aliphatic carbocycles. The molecule has 0 saturated heterocycles. The van der Waals surface area contributed by atoms with E-state index >= 15 is 0 Å². The van der Waals surface area contributed by atoms with Gasteiger partial charge in [0.25, 0.3) is 11.2 Å². The lowest BCUT2D eigenvalue weighted by atomic mass is 10.0. The van der Waals surface area contributed by atoms with Crippen molar-refractivity contribution in [2.45, 2.75) is 19.9 Å². The standard InChI is InChI=1S/C23H19N3O5S2/c1-3-31-22(28)19-14(2)24-23-25(20(19)17-8-5-13-32-17)21(27)18(33-23)7-4-6-15-9-11-16(12-10-15)26(29)30/h4-13,20H,3H2,1-2H3/b6-4+,18-7+/t20-/m1/s1. The zero-order valence-corrected chi connectivity index (χ0v) is 19.4. The molecule has 0 bridgehead atoms. The SMILES string of the molecule is CCOC(=O)C1=C(C)N=c2s/c(=C/C=C/c3ccc([N+](=O)[O-])cc3)c(=O)n2[C@@H]1c1cccs1. The summed E-state index contributed by atoms with van der Waals surface area (Å²) in [6, 6.07) is 9.29. The van der Waals surface area contributed by atoms with Crippen molar-refractivity contribution in [2.75, 3.05) is 6.61 Å². The summed E-state index contributed by atoms with van der Waals surface area (Å²) >= 11 is 2.70. The van der Waals surface area contributed by atoms with Gasteiger partial charge in [0.1, 0.15) is 6.04 Å². The number of nitro benzene ring substituents is 1. The van der Waals surface area contributed by atoms with Crippen LogP contribution in [-0.2, 0) is 9.53 Å². The topological polar surface area (TPSA) is 104 Å². The first-order valence-corrected chi connectivity index (χ1v) is 11.7. The molecule has 0 unspecified atom stereocenters. The molecular formula is C23H19N3O5S2. The van der Waals surface area contributed by atoms with Gasteiger partial charge in [0.05, 0.1) is 27.3 Å². The number of allylic oxidation sites excluding steroid dienone is 2. The van der Waals surface area contributed by atoms with Crippen molar-refractivity contribution in [1.82, 2.24) is 4.57 Å². The molecule has 1 aromatic carbocycles. The minimum absolute atomic E-state index is 0.0156. The van der Waals surface area contributed by atoms with Crippen LogP contribution in [0.3, 0.4) is 0 Å². The van der Waals surface area contributed by atoms with Gasteiger partial charge in [0.15, 0.2) is 4.80 Å². The van der Waals surface area contributed by atoms with Crippen molar-refractivity contribution in [3.05, 3.63) is 99.4 Å². The Bertz CT molecular complexity index is 1440. The van der Waals surface area contributed by atoms with E-state index in [4.69, 9.17) is 4.74 Å². The molecule has 168 valence electrons. The first-order chi connectivity index (χ1) is 15.9. The second-order valence-electron chi connectivity index (χ2n) is 7.05. The summed E-state index contributed by atoms with van der Waals surface area (Å²) in [7, 11) is 0.